The number of pyridine rings is 1. The molecule has 2 heterocycles. The fourth-order valence-electron chi connectivity index (χ4n) is 2.86. The molecule has 1 aliphatic heterocycles. The number of piperidine rings is 1. The van der Waals surface area contributed by atoms with E-state index in [0.29, 0.717) is 0 Å². The van der Waals surface area contributed by atoms with Gasteiger partial charge in [0.2, 0.25) is 5.91 Å². The second-order valence-corrected chi connectivity index (χ2v) is 5.49. The van der Waals surface area contributed by atoms with Gasteiger partial charge in [0.05, 0.1) is 17.3 Å². The predicted molar refractivity (Wildman–Crippen MR) is 77.0 cm³/mol. The highest BCUT2D eigenvalue weighted by Gasteiger charge is 2.38. The first-order valence-corrected chi connectivity index (χ1v) is 7.10. The van der Waals surface area contributed by atoms with Crippen LogP contribution in [-0.4, -0.2) is 24.0 Å². The highest BCUT2D eigenvalue weighted by Crippen LogP contribution is 2.35. The van der Waals surface area contributed by atoms with Gasteiger partial charge in [-0.05, 0) is 50.9 Å². The number of carbonyl (C=O) groups excluding carboxylic acids is 1. The van der Waals surface area contributed by atoms with Crippen LogP contribution in [0, 0.1) is 12.3 Å². The van der Waals surface area contributed by atoms with Gasteiger partial charge in [-0.2, -0.15) is 0 Å². The van der Waals surface area contributed by atoms with Crippen LogP contribution in [0.5, 0.6) is 0 Å². The first-order chi connectivity index (χ1) is 9.16. The van der Waals surface area contributed by atoms with Crippen LogP contribution in [0.4, 0.5) is 5.69 Å². The monoisotopic (exact) mass is 261 g/mol. The Kier molecular flexibility index (Phi) is 4.53. The topological polar surface area (TPSA) is 54.0 Å². The van der Waals surface area contributed by atoms with Gasteiger partial charge in [-0.25, -0.2) is 0 Å². The third kappa shape index (κ3) is 3.32. The Balaban J connectivity index is 2.11. The van der Waals surface area contributed by atoms with Crippen molar-refractivity contribution >= 4 is 11.6 Å². The molecule has 1 aromatic rings. The summed E-state index contributed by atoms with van der Waals surface area (Å²) in [5.41, 5.74) is 1.66. The molecule has 0 unspecified atom stereocenters. The summed E-state index contributed by atoms with van der Waals surface area (Å²) in [6, 6.07) is 1.96. The van der Waals surface area contributed by atoms with Crippen molar-refractivity contribution in [2.24, 2.45) is 5.41 Å². The Morgan fingerprint density at radius 2 is 2.16 bits per heavy atom. The van der Waals surface area contributed by atoms with Gasteiger partial charge in [0, 0.05) is 6.20 Å². The molecule has 0 radical (unpaired) electrons. The quantitative estimate of drug-likeness (QED) is 0.875. The minimum Gasteiger partial charge on any atom is -0.324 e. The van der Waals surface area contributed by atoms with E-state index < -0.39 is 0 Å². The maximum absolute atomic E-state index is 12.6. The molecule has 0 aliphatic carbocycles. The zero-order valence-electron chi connectivity index (χ0n) is 11.8. The molecule has 0 aromatic carbocycles. The zero-order valence-corrected chi connectivity index (χ0v) is 11.8. The van der Waals surface area contributed by atoms with Gasteiger partial charge in [0.15, 0.2) is 0 Å². The van der Waals surface area contributed by atoms with E-state index in [9.17, 15) is 4.79 Å². The van der Waals surface area contributed by atoms with Crippen molar-refractivity contribution < 1.29 is 4.79 Å². The van der Waals surface area contributed by atoms with Crippen LogP contribution < -0.4 is 10.6 Å². The molecule has 4 heteroatoms. The molecule has 2 rings (SSSR count). The third-order valence-corrected chi connectivity index (χ3v) is 3.90. The Morgan fingerprint density at radius 3 is 2.79 bits per heavy atom. The number of nitrogens with one attached hydrogen (secondary N) is 2. The summed E-state index contributed by atoms with van der Waals surface area (Å²) in [6.45, 7) is 5.99. The second kappa shape index (κ2) is 6.15. The molecule has 1 fully saturated rings. The molecule has 0 spiro atoms. The van der Waals surface area contributed by atoms with Gasteiger partial charge in [-0.1, -0.05) is 13.3 Å². The molecule has 104 valence electrons. The number of aryl methyl sites for hydroxylation is 1. The van der Waals surface area contributed by atoms with Crippen LogP contribution in [0.25, 0.3) is 0 Å². The zero-order chi connectivity index (χ0) is 13.7. The average Bonchev–Trinajstić information content (AvgIpc) is 2.40. The molecule has 1 saturated heterocycles. The van der Waals surface area contributed by atoms with Crippen LogP contribution in [0.2, 0.25) is 0 Å². The average molecular weight is 261 g/mol. The summed E-state index contributed by atoms with van der Waals surface area (Å²) in [7, 11) is 0. The normalized spacial score (nSPS) is 18.0. The molecular formula is C15H23N3O. The minimum atomic E-state index is -0.205. The first kappa shape index (κ1) is 14.0. The van der Waals surface area contributed by atoms with Gasteiger partial charge < -0.3 is 10.6 Å². The number of amides is 1. The fourth-order valence-corrected chi connectivity index (χ4v) is 2.86. The van der Waals surface area contributed by atoms with Gasteiger partial charge in [0.25, 0.3) is 0 Å². The summed E-state index contributed by atoms with van der Waals surface area (Å²) in [5, 5.41) is 6.38. The Bertz CT molecular complexity index is 433. The van der Waals surface area contributed by atoms with Crippen molar-refractivity contribution in [2.45, 2.75) is 39.5 Å². The summed E-state index contributed by atoms with van der Waals surface area (Å²) in [4.78, 5) is 16.7. The molecule has 2 N–H and O–H groups in total. The maximum Gasteiger partial charge on any atom is 0.230 e. The molecule has 0 saturated carbocycles. The number of rotatable bonds is 4. The van der Waals surface area contributed by atoms with Gasteiger partial charge >= 0.3 is 0 Å². The minimum absolute atomic E-state index is 0.156. The van der Waals surface area contributed by atoms with E-state index in [1.807, 2.05) is 13.0 Å². The molecule has 1 aliphatic rings. The molecule has 4 nitrogen and oxygen atoms in total. The summed E-state index contributed by atoms with van der Waals surface area (Å²) >= 11 is 0. The highest BCUT2D eigenvalue weighted by atomic mass is 16.2. The summed E-state index contributed by atoms with van der Waals surface area (Å²) in [6.07, 6.45) is 7.35. The standard InChI is InChI=1S/C15H23N3O/c1-3-4-15(5-7-16-8-6-15)14(19)18-13-9-12(2)10-17-11-13/h9-11,16H,3-8H2,1-2H3,(H,18,19). The lowest BCUT2D eigenvalue weighted by Gasteiger charge is -2.36. The number of nitrogens with zero attached hydrogens (tertiary/aromatic N) is 1. The lowest BCUT2D eigenvalue weighted by Crippen LogP contribution is -2.44. The smallest absolute Gasteiger partial charge is 0.230 e. The predicted octanol–water partition coefficient (Wildman–Crippen LogP) is 2.50. The van der Waals surface area contributed by atoms with E-state index in [1.54, 1.807) is 12.4 Å². The summed E-state index contributed by atoms with van der Waals surface area (Å²) < 4.78 is 0. The number of carbonyl (C=O) groups is 1. The first-order valence-electron chi connectivity index (χ1n) is 7.10. The summed E-state index contributed by atoms with van der Waals surface area (Å²) in [5.74, 6) is 0.156. The Labute approximate surface area is 115 Å². The lowest BCUT2D eigenvalue weighted by molar-refractivity contribution is -0.127. The molecule has 0 atom stereocenters. The number of hydrogen-bond donors (Lipinski definition) is 2. The van der Waals surface area contributed by atoms with E-state index in [2.05, 4.69) is 22.5 Å². The highest BCUT2D eigenvalue weighted by molar-refractivity contribution is 5.95. The molecule has 1 amide bonds. The van der Waals surface area contributed by atoms with Crippen LogP contribution in [0.3, 0.4) is 0 Å². The van der Waals surface area contributed by atoms with Gasteiger partial charge in [-0.3, -0.25) is 9.78 Å². The lowest BCUT2D eigenvalue weighted by atomic mass is 9.74. The molecule has 0 bridgehead atoms. The SMILES string of the molecule is CCCC1(C(=O)Nc2cncc(C)c2)CCNCC1. The fraction of sp³-hybridized carbons (Fsp3) is 0.600. The second-order valence-electron chi connectivity index (χ2n) is 5.49. The number of aromatic nitrogens is 1. The van der Waals surface area contributed by atoms with Crippen molar-refractivity contribution in [3.63, 3.8) is 0 Å². The van der Waals surface area contributed by atoms with Gasteiger partial charge in [-0.15, -0.1) is 0 Å². The largest absolute Gasteiger partial charge is 0.324 e. The Hall–Kier alpha value is -1.42. The van der Waals surface area contributed by atoms with Crippen molar-refractivity contribution in [1.82, 2.24) is 10.3 Å². The molecule has 19 heavy (non-hydrogen) atoms. The van der Waals surface area contributed by atoms with E-state index in [0.717, 1.165) is 50.0 Å². The van der Waals surface area contributed by atoms with Crippen LogP contribution >= 0.6 is 0 Å². The van der Waals surface area contributed by atoms with E-state index in [1.165, 1.54) is 0 Å². The molecular weight excluding hydrogens is 238 g/mol. The van der Waals surface area contributed by atoms with E-state index in [4.69, 9.17) is 0 Å². The van der Waals surface area contributed by atoms with Crippen LogP contribution in [-0.2, 0) is 4.79 Å². The van der Waals surface area contributed by atoms with Gasteiger partial charge in [0.1, 0.15) is 0 Å². The van der Waals surface area contributed by atoms with Crippen LogP contribution in [0.15, 0.2) is 18.5 Å². The maximum atomic E-state index is 12.6. The van der Waals surface area contributed by atoms with Crippen molar-refractivity contribution in [2.75, 3.05) is 18.4 Å². The molecule has 1 aromatic heterocycles. The van der Waals surface area contributed by atoms with Crippen LogP contribution in [0.1, 0.15) is 38.2 Å². The Morgan fingerprint density at radius 1 is 1.42 bits per heavy atom. The number of anilines is 1. The van der Waals surface area contributed by atoms with Crippen molar-refractivity contribution in [3.8, 4) is 0 Å². The number of hydrogen-bond acceptors (Lipinski definition) is 3. The van der Waals surface area contributed by atoms with Crippen molar-refractivity contribution in [1.29, 1.82) is 0 Å². The van der Waals surface area contributed by atoms with E-state index >= 15 is 0 Å². The third-order valence-electron chi connectivity index (χ3n) is 3.90. The van der Waals surface area contributed by atoms with Crippen molar-refractivity contribution in [3.05, 3.63) is 24.0 Å². The van der Waals surface area contributed by atoms with E-state index in [-0.39, 0.29) is 11.3 Å².